The molecular weight excluding hydrogens is 272 g/mol. The summed E-state index contributed by atoms with van der Waals surface area (Å²) >= 11 is 0. The van der Waals surface area contributed by atoms with Gasteiger partial charge >= 0.3 is 0 Å². The van der Waals surface area contributed by atoms with E-state index < -0.39 is 0 Å². The van der Waals surface area contributed by atoms with E-state index in [1.165, 1.54) is 10.9 Å². The lowest BCUT2D eigenvalue weighted by molar-refractivity contribution is 0.419. The van der Waals surface area contributed by atoms with Gasteiger partial charge in [-0.2, -0.15) is 0 Å². The van der Waals surface area contributed by atoms with Crippen molar-refractivity contribution in [2.45, 2.75) is 6.92 Å². The molecule has 108 valence electrons. The average Bonchev–Trinajstić information content (AvgIpc) is 2.99. The number of aromatic amines is 1. The van der Waals surface area contributed by atoms with Gasteiger partial charge in [-0.3, -0.25) is 0 Å². The van der Waals surface area contributed by atoms with Gasteiger partial charge in [0, 0.05) is 22.5 Å². The van der Waals surface area contributed by atoms with Crippen LogP contribution >= 0.6 is 0 Å². The van der Waals surface area contributed by atoms with E-state index in [2.05, 4.69) is 36.2 Å². The van der Waals surface area contributed by atoms with Crippen LogP contribution in [0.5, 0.6) is 5.75 Å². The highest BCUT2D eigenvalue weighted by Gasteiger charge is 2.12. The van der Waals surface area contributed by atoms with Gasteiger partial charge in [-0.05, 0) is 30.7 Å². The number of hydrogen-bond donors (Lipinski definition) is 1. The van der Waals surface area contributed by atoms with Gasteiger partial charge in [0.2, 0.25) is 0 Å². The molecule has 4 aromatic rings. The number of benzene rings is 2. The van der Waals surface area contributed by atoms with Gasteiger partial charge in [-0.1, -0.05) is 30.3 Å². The molecule has 0 atom stereocenters. The number of nitrogens with one attached hydrogen (secondary N) is 1. The zero-order chi connectivity index (χ0) is 15.1. The molecule has 2 aromatic heterocycles. The lowest BCUT2D eigenvalue weighted by atomic mass is 10.0. The van der Waals surface area contributed by atoms with Gasteiger partial charge in [0.15, 0.2) is 0 Å². The van der Waals surface area contributed by atoms with E-state index in [1.54, 1.807) is 7.11 Å². The zero-order valence-electron chi connectivity index (χ0n) is 12.6. The number of ether oxygens (including phenoxy) is 1. The summed E-state index contributed by atoms with van der Waals surface area (Å²) < 4.78 is 5.42. The monoisotopic (exact) mass is 288 g/mol. The van der Waals surface area contributed by atoms with E-state index in [0.29, 0.717) is 0 Å². The number of methoxy groups -OCH3 is 1. The predicted molar refractivity (Wildman–Crippen MR) is 90.3 cm³/mol. The van der Waals surface area contributed by atoms with E-state index in [1.807, 2.05) is 30.5 Å². The Hall–Kier alpha value is -2.81. The van der Waals surface area contributed by atoms with Crippen LogP contribution in [0.4, 0.5) is 0 Å². The molecule has 3 nitrogen and oxygen atoms in total. The highest BCUT2D eigenvalue weighted by atomic mass is 16.5. The summed E-state index contributed by atoms with van der Waals surface area (Å²) in [5.74, 6) is 0.848. The molecule has 0 unspecified atom stereocenters. The highest BCUT2D eigenvalue weighted by molar-refractivity contribution is 5.99. The maximum absolute atomic E-state index is 5.42. The van der Waals surface area contributed by atoms with Crippen molar-refractivity contribution in [2.24, 2.45) is 0 Å². The van der Waals surface area contributed by atoms with Gasteiger partial charge in [0.25, 0.3) is 0 Å². The maximum atomic E-state index is 5.42. The summed E-state index contributed by atoms with van der Waals surface area (Å²) in [6, 6.07) is 16.4. The normalized spacial score (nSPS) is 11.2. The van der Waals surface area contributed by atoms with E-state index in [9.17, 15) is 0 Å². The first-order valence-corrected chi connectivity index (χ1v) is 7.29. The number of H-pyrrole nitrogens is 1. The molecule has 0 fully saturated rings. The molecule has 4 rings (SSSR count). The van der Waals surface area contributed by atoms with Crippen molar-refractivity contribution in [1.29, 1.82) is 0 Å². The van der Waals surface area contributed by atoms with Crippen molar-refractivity contribution in [1.82, 2.24) is 9.97 Å². The number of fused-ring (bicyclic) bond motifs is 2. The number of nitrogens with zero attached hydrogens (tertiary/aromatic N) is 1. The number of aryl methyl sites for hydroxylation is 1. The van der Waals surface area contributed by atoms with Gasteiger partial charge in [0.1, 0.15) is 5.75 Å². The molecule has 22 heavy (non-hydrogen) atoms. The molecule has 2 heterocycles. The van der Waals surface area contributed by atoms with Crippen molar-refractivity contribution in [3.8, 4) is 17.0 Å². The van der Waals surface area contributed by atoms with Crippen LogP contribution < -0.4 is 4.74 Å². The lowest BCUT2D eigenvalue weighted by Gasteiger charge is -2.06. The first kappa shape index (κ1) is 12.9. The SMILES string of the molecule is COc1cccc2c(-c3cc(C)c4ccccc4n3)c[nH]c12. The lowest BCUT2D eigenvalue weighted by Crippen LogP contribution is -1.88. The number of hydrogen-bond acceptors (Lipinski definition) is 2. The van der Waals surface area contributed by atoms with Gasteiger partial charge in [-0.15, -0.1) is 0 Å². The third-order valence-corrected chi connectivity index (χ3v) is 4.10. The Balaban J connectivity index is 1.99. The molecular formula is C19H16N2O. The maximum Gasteiger partial charge on any atom is 0.142 e. The largest absolute Gasteiger partial charge is 0.495 e. The fourth-order valence-electron chi connectivity index (χ4n) is 3.00. The average molecular weight is 288 g/mol. The van der Waals surface area contributed by atoms with E-state index in [-0.39, 0.29) is 0 Å². The Kier molecular flexibility index (Phi) is 2.86. The van der Waals surface area contributed by atoms with Crippen molar-refractivity contribution >= 4 is 21.8 Å². The molecule has 2 aromatic carbocycles. The molecule has 3 heteroatoms. The number of pyridine rings is 1. The fourth-order valence-corrected chi connectivity index (χ4v) is 3.00. The Labute approximate surface area is 128 Å². The number of rotatable bonds is 2. The third kappa shape index (κ3) is 1.86. The van der Waals surface area contributed by atoms with Gasteiger partial charge < -0.3 is 9.72 Å². The van der Waals surface area contributed by atoms with Crippen molar-refractivity contribution in [2.75, 3.05) is 7.11 Å². The first-order valence-electron chi connectivity index (χ1n) is 7.29. The molecule has 0 radical (unpaired) electrons. The first-order chi connectivity index (χ1) is 10.8. The summed E-state index contributed by atoms with van der Waals surface area (Å²) in [5, 5.41) is 2.32. The van der Waals surface area contributed by atoms with Gasteiger partial charge in [0.05, 0.1) is 23.8 Å². The van der Waals surface area contributed by atoms with Crippen LogP contribution in [0.3, 0.4) is 0 Å². The predicted octanol–water partition coefficient (Wildman–Crippen LogP) is 4.70. The second-order valence-corrected chi connectivity index (χ2v) is 5.43. The van der Waals surface area contributed by atoms with Crippen molar-refractivity contribution in [3.63, 3.8) is 0 Å². The molecule has 0 aliphatic rings. The van der Waals surface area contributed by atoms with Crippen molar-refractivity contribution < 1.29 is 4.74 Å². The van der Waals surface area contributed by atoms with Crippen LogP contribution in [0, 0.1) is 6.92 Å². The summed E-state index contributed by atoms with van der Waals surface area (Å²) in [6.07, 6.45) is 2.00. The smallest absolute Gasteiger partial charge is 0.142 e. The van der Waals surface area contributed by atoms with Crippen LogP contribution in [0.2, 0.25) is 0 Å². The van der Waals surface area contributed by atoms with E-state index in [4.69, 9.17) is 9.72 Å². The second kappa shape index (κ2) is 4.88. The Morgan fingerprint density at radius 3 is 2.68 bits per heavy atom. The second-order valence-electron chi connectivity index (χ2n) is 5.43. The highest BCUT2D eigenvalue weighted by Crippen LogP contribution is 2.33. The summed E-state index contributed by atoms with van der Waals surface area (Å²) in [4.78, 5) is 8.13. The Bertz CT molecular complexity index is 985. The molecule has 1 N–H and O–H groups in total. The quantitative estimate of drug-likeness (QED) is 0.580. The Morgan fingerprint density at radius 2 is 1.82 bits per heavy atom. The molecule has 0 aliphatic heterocycles. The van der Waals surface area contributed by atoms with Crippen LogP contribution in [0.15, 0.2) is 54.7 Å². The fraction of sp³-hybridized carbons (Fsp3) is 0.105. The topological polar surface area (TPSA) is 37.9 Å². The van der Waals surface area contributed by atoms with Crippen LogP contribution in [-0.2, 0) is 0 Å². The molecule has 0 bridgehead atoms. The van der Waals surface area contributed by atoms with Crippen LogP contribution in [-0.4, -0.2) is 17.1 Å². The number of para-hydroxylation sites is 2. The number of aromatic nitrogens is 2. The Morgan fingerprint density at radius 1 is 1.00 bits per heavy atom. The molecule has 0 spiro atoms. The zero-order valence-corrected chi connectivity index (χ0v) is 12.6. The van der Waals surface area contributed by atoms with Gasteiger partial charge in [-0.25, -0.2) is 4.98 Å². The summed E-state index contributed by atoms with van der Waals surface area (Å²) in [7, 11) is 1.69. The van der Waals surface area contributed by atoms with Crippen LogP contribution in [0.1, 0.15) is 5.56 Å². The third-order valence-electron chi connectivity index (χ3n) is 4.10. The summed E-state index contributed by atoms with van der Waals surface area (Å²) in [6.45, 7) is 2.13. The molecule has 0 amide bonds. The minimum Gasteiger partial charge on any atom is -0.495 e. The van der Waals surface area contributed by atoms with E-state index >= 15 is 0 Å². The molecule has 0 saturated carbocycles. The molecule has 0 saturated heterocycles. The summed E-state index contributed by atoms with van der Waals surface area (Å²) in [5.41, 5.74) is 5.35. The minimum absolute atomic E-state index is 0.848. The molecule has 0 aliphatic carbocycles. The van der Waals surface area contributed by atoms with Crippen molar-refractivity contribution in [3.05, 3.63) is 60.3 Å². The van der Waals surface area contributed by atoms with Crippen LogP contribution in [0.25, 0.3) is 33.1 Å². The standard InChI is InChI=1S/C19H16N2O/c1-12-10-17(21-16-8-4-3-6-13(12)16)15-11-20-19-14(15)7-5-9-18(19)22-2/h3-11,20H,1-2H3. The van der Waals surface area contributed by atoms with E-state index in [0.717, 1.165) is 33.4 Å². The minimum atomic E-state index is 0.848.